The summed E-state index contributed by atoms with van der Waals surface area (Å²) in [4.78, 5) is 8.90. The van der Waals surface area contributed by atoms with Crippen molar-refractivity contribution in [3.63, 3.8) is 0 Å². The highest BCUT2D eigenvalue weighted by Crippen LogP contribution is 2.31. The average molecular weight is 468 g/mol. The number of hydrogen-bond donors (Lipinski definition) is 2. The fourth-order valence-electron chi connectivity index (χ4n) is 3.11. The maximum Gasteiger partial charge on any atom is 0.189 e. The molecule has 0 aliphatic carbocycles. The Bertz CT molecular complexity index is 795. The number of benzene rings is 1. The molecule has 2 aromatic rings. The molecule has 0 saturated carbocycles. The summed E-state index contributed by atoms with van der Waals surface area (Å²) < 4.78 is 11.1. The maximum atomic E-state index is 6.10. The van der Waals surface area contributed by atoms with Crippen molar-refractivity contribution in [3.8, 4) is 11.5 Å². The van der Waals surface area contributed by atoms with Gasteiger partial charge in [-0.3, -0.25) is 4.98 Å². The van der Waals surface area contributed by atoms with Crippen LogP contribution in [0.5, 0.6) is 11.5 Å². The number of methoxy groups -OCH3 is 1. The largest absolute Gasteiger partial charge is 0.496 e. The fourth-order valence-corrected chi connectivity index (χ4v) is 3.11. The zero-order chi connectivity index (χ0) is 17.8. The van der Waals surface area contributed by atoms with Crippen LogP contribution in [-0.2, 0) is 6.54 Å². The van der Waals surface area contributed by atoms with E-state index in [4.69, 9.17) is 15.2 Å². The van der Waals surface area contributed by atoms with Crippen LogP contribution >= 0.6 is 24.0 Å². The molecule has 0 bridgehead atoms. The lowest BCUT2D eigenvalue weighted by atomic mass is 10.0. The van der Waals surface area contributed by atoms with E-state index in [0.29, 0.717) is 19.1 Å². The Morgan fingerprint density at radius 2 is 2.15 bits per heavy atom. The summed E-state index contributed by atoms with van der Waals surface area (Å²) in [7, 11) is 1.67. The maximum absolute atomic E-state index is 6.10. The van der Waals surface area contributed by atoms with Gasteiger partial charge in [0.2, 0.25) is 0 Å². The second-order valence-electron chi connectivity index (χ2n) is 6.12. The molecule has 1 aromatic heterocycles. The number of hydrogen-bond acceptors (Lipinski definition) is 4. The van der Waals surface area contributed by atoms with Gasteiger partial charge in [-0.1, -0.05) is 18.2 Å². The Kier molecular flexibility index (Phi) is 7.07. The molecule has 1 atom stereocenters. The first-order chi connectivity index (χ1) is 12.1. The molecule has 0 spiro atoms. The molecule has 1 aromatic carbocycles. The number of para-hydroxylation sites is 1. The number of aromatic nitrogens is 1. The third-order valence-corrected chi connectivity index (χ3v) is 4.43. The van der Waals surface area contributed by atoms with Crippen LogP contribution in [0.4, 0.5) is 0 Å². The number of halogens is 1. The van der Waals surface area contributed by atoms with Crippen molar-refractivity contribution in [3.05, 3.63) is 52.8 Å². The molecule has 7 heteroatoms. The van der Waals surface area contributed by atoms with Crippen molar-refractivity contribution in [2.75, 3.05) is 13.7 Å². The van der Waals surface area contributed by atoms with Crippen molar-refractivity contribution in [1.82, 2.24) is 10.3 Å². The van der Waals surface area contributed by atoms with Gasteiger partial charge in [-0.2, -0.15) is 0 Å². The Balaban J connectivity index is 0.00000243. The van der Waals surface area contributed by atoms with Crippen LogP contribution in [0.3, 0.4) is 0 Å². The molecule has 1 aliphatic heterocycles. The first-order valence-corrected chi connectivity index (χ1v) is 8.37. The van der Waals surface area contributed by atoms with Crippen molar-refractivity contribution >= 4 is 29.9 Å². The third-order valence-electron chi connectivity index (χ3n) is 4.43. The highest BCUT2D eigenvalue weighted by Gasteiger charge is 2.21. The van der Waals surface area contributed by atoms with E-state index in [1.165, 1.54) is 0 Å². The van der Waals surface area contributed by atoms with Crippen molar-refractivity contribution in [2.24, 2.45) is 10.7 Å². The molecule has 1 aliphatic rings. The van der Waals surface area contributed by atoms with Crippen molar-refractivity contribution < 1.29 is 9.47 Å². The quantitative estimate of drug-likeness (QED) is 0.409. The topological polar surface area (TPSA) is 81.8 Å². The van der Waals surface area contributed by atoms with Gasteiger partial charge in [0.1, 0.15) is 11.5 Å². The number of rotatable bonds is 4. The van der Waals surface area contributed by atoms with Gasteiger partial charge in [0.15, 0.2) is 5.96 Å². The lowest BCUT2D eigenvalue weighted by Crippen LogP contribution is -2.37. The Morgan fingerprint density at radius 1 is 1.38 bits per heavy atom. The van der Waals surface area contributed by atoms with Gasteiger partial charge in [-0.05, 0) is 19.9 Å². The van der Waals surface area contributed by atoms with Crippen LogP contribution in [0, 0.1) is 13.8 Å². The predicted molar refractivity (Wildman–Crippen MR) is 113 cm³/mol. The van der Waals surface area contributed by atoms with Gasteiger partial charge in [0, 0.05) is 29.3 Å². The first-order valence-electron chi connectivity index (χ1n) is 8.37. The number of aryl methyl sites for hydroxylation is 1. The van der Waals surface area contributed by atoms with Crippen LogP contribution in [0.15, 0.2) is 35.5 Å². The highest BCUT2D eigenvalue weighted by atomic mass is 127. The number of guanidine groups is 1. The number of pyridine rings is 1. The minimum absolute atomic E-state index is 0. The minimum Gasteiger partial charge on any atom is -0.496 e. The number of nitrogens with one attached hydrogen (secondary N) is 1. The highest BCUT2D eigenvalue weighted by molar-refractivity contribution is 14.0. The van der Waals surface area contributed by atoms with Gasteiger partial charge in [-0.15, -0.1) is 24.0 Å². The summed E-state index contributed by atoms with van der Waals surface area (Å²) in [5, 5.41) is 3.29. The summed E-state index contributed by atoms with van der Waals surface area (Å²) in [6, 6.07) is 8.10. The average Bonchev–Trinajstić information content (AvgIpc) is 2.62. The smallest absolute Gasteiger partial charge is 0.189 e. The normalized spacial score (nSPS) is 16.1. The van der Waals surface area contributed by atoms with E-state index in [1.807, 2.05) is 32.0 Å². The number of ether oxygens (including phenoxy) is 2. The molecule has 6 nitrogen and oxygen atoms in total. The first kappa shape index (κ1) is 20.3. The van der Waals surface area contributed by atoms with E-state index < -0.39 is 0 Å². The van der Waals surface area contributed by atoms with E-state index in [9.17, 15) is 0 Å². The number of nitrogens with zero attached hydrogens (tertiary/aromatic N) is 2. The van der Waals surface area contributed by atoms with Crippen LogP contribution in [0.2, 0.25) is 0 Å². The van der Waals surface area contributed by atoms with Crippen LogP contribution in [0.1, 0.15) is 34.8 Å². The van der Waals surface area contributed by atoms with Crippen LogP contribution < -0.4 is 20.5 Å². The minimum atomic E-state index is 0. The molecular weight excluding hydrogens is 443 g/mol. The lowest BCUT2D eigenvalue weighted by molar-refractivity contribution is 0.262. The fraction of sp³-hybridized carbons (Fsp3) is 0.368. The second kappa shape index (κ2) is 9.07. The standard InChI is InChI=1S/C19H24N4O2.HI/c1-12-10-21-16(13(2)18(12)24-3)11-22-19(20)23-15-8-9-25-17-7-5-4-6-14(15)17;/h4-7,10,15H,8-9,11H2,1-3H3,(H3,20,22,23);1H. The van der Waals surface area contributed by atoms with E-state index in [0.717, 1.165) is 40.3 Å². The monoisotopic (exact) mass is 468 g/mol. The molecule has 2 heterocycles. The third kappa shape index (κ3) is 4.38. The van der Waals surface area contributed by atoms with E-state index in [2.05, 4.69) is 21.4 Å². The van der Waals surface area contributed by atoms with Gasteiger partial charge < -0.3 is 20.5 Å². The van der Waals surface area contributed by atoms with Crippen molar-refractivity contribution in [2.45, 2.75) is 32.9 Å². The Hall–Kier alpha value is -2.03. The molecule has 0 radical (unpaired) electrons. The summed E-state index contributed by atoms with van der Waals surface area (Å²) in [5.74, 6) is 2.16. The van der Waals surface area contributed by atoms with Crippen molar-refractivity contribution in [1.29, 1.82) is 0 Å². The van der Waals surface area contributed by atoms with Gasteiger partial charge in [0.05, 0.1) is 32.0 Å². The zero-order valence-corrected chi connectivity index (χ0v) is 17.6. The summed E-state index contributed by atoms with van der Waals surface area (Å²) in [6.07, 6.45) is 2.65. The number of fused-ring (bicyclic) bond motifs is 1. The number of nitrogens with two attached hydrogens (primary N) is 1. The molecule has 26 heavy (non-hydrogen) atoms. The van der Waals surface area contributed by atoms with E-state index >= 15 is 0 Å². The molecule has 0 saturated heterocycles. The van der Waals surface area contributed by atoms with E-state index in [1.54, 1.807) is 13.3 Å². The lowest BCUT2D eigenvalue weighted by Gasteiger charge is -2.26. The van der Waals surface area contributed by atoms with Gasteiger partial charge in [-0.25, -0.2) is 4.99 Å². The molecule has 140 valence electrons. The molecule has 0 fully saturated rings. The Morgan fingerprint density at radius 3 is 2.92 bits per heavy atom. The molecule has 3 rings (SSSR count). The molecular formula is C19H25IN4O2. The number of aliphatic imine (C=N–C) groups is 1. The van der Waals surface area contributed by atoms with Gasteiger partial charge in [0.25, 0.3) is 0 Å². The molecule has 3 N–H and O–H groups in total. The van der Waals surface area contributed by atoms with Gasteiger partial charge >= 0.3 is 0 Å². The van der Waals surface area contributed by atoms with Crippen LogP contribution in [-0.4, -0.2) is 24.7 Å². The van der Waals surface area contributed by atoms with Crippen LogP contribution in [0.25, 0.3) is 0 Å². The summed E-state index contributed by atoms with van der Waals surface area (Å²) in [6.45, 7) is 5.04. The summed E-state index contributed by atoms with van der Waals surface area (Å²) in [5.41, 5.74) is 10.1. The molecule has 1 unspecified atom stereocenters. The Labute approximate surface area is 171 Å². The molecule has 0 amide bonds. The summed E-state index contributed by atoms with van der Waals surface area (Å²) >= 11 is 0. The predicted octanol–water partition coefficient (Wildman–Crippen LogP) is 3.25. The second-order valence-corrected chi connectivity index (χ2v) is 6.12. The zero-order valence-electron chi connectivity index (χ0n) is 15.3. The SMILES string of the molecule is COc1c(C)cnc(CN=C(N)NC2CCOc3ccccc32)c1C.I. The van der Waals surface area contributed by atoms with E-state index in [-0.39, 0.29) is 30.0 Å².